The lowest BCUT2D eigenvalue weighted by molar-refractivity contribution is -0.121. The number of aryl methyl sites for hydroxylation is 1. The van der Waals surface area contributed by atoms with Crippen molar-refractivity contribution < 1.29 is 14.7 Å². The highest BCUT2D eigenvalue weighted by Crippen LogP contribution is 2.17. The summed E-state index contributed by atoms with van der Waals surface area (Å²) in [6, 6.07) is 7.82. The van der Waals surface area contributed by atoms with E-state index in [-0.39, 0.29) is 11.6 Å². The van der Waals surface area contributed by atoms with Gasteiger partial charge in [0, 0.05) is 29.2 Å². The molecule has 0 unspecified atom stereocenters. The maximum Gasteiger partial charge on any atom is 0.355 e. The molecule has 22 heavy (non-hydrogen) atoms. The summed E-state index contributed by atoms with van der Waals surface area (Å²) in [6.45, 7) is 0.460. The summed E-state index contributed by atoms with van der Waals surface area (Å²) in [5.41, 5.74) is 1.16. The van der Waals surface area contributed by atoms with Gasteiger partial charge in [-0.2, -0.15) is 0 Å². The Bertz CT molecular complexity index is 672. The van der Waals surface area contributed by atoms with Crippen LogP contribution in [0.2, 0.25) is 0 Å². The third-order valence-electron chi connectivity index (χ3n) is 3.01. The van der Waals surface area contributed by atoms with Crippen molar-refractivity contribution in [1.29, 1.82) is 0 Å². The minimum Gasteiger partial charge on any atom is -0.476 e. The molecule has 0 aliphatic heterocycles. The quantitative estimate of drug-likeness (QED) is 0.771. The van der Waals surface area contributed by atoms with E-state index in [1.165, 1.54) is 16.7 Å². The van der Waals surface area contributed by atoms with Gasteiger partial charge in [-0.15, -0.1) is 11.3 Å². The first-order chi connectivity index (χ1) is 10.6. The van der Waals surface area contributed by atoms with Gasteiger partial charge in [0.15, 0.2) is 5.69 Å². The largest absolute Gasteiger partial charge is 0.476 e. The van der Waals surface area contributed by atoms with Crippen LogP contribution in [0.4, 0.5) is 0 Å². The zero-order valence-corrected chi connectivity index (χ0v) is 14.1. The lowest BCUT2D eigenvalue weighted by Crippen LogP contribution is -2.25. The Morgan fingerprint density at radius 2 is 2.05 bits per heavy atom. The summed E-state index contributed by atoms with van der Waals surface area (Å²) in [6.07, 6.45) is 1.63. The number of carboxylic acid groups (broad SMARTS) is 1. The molecule has 0 saturated carbocycles. The number of aromatic carboxylic acids is 1. The van der Waals surface area contributed by atoms with Gasteiger partial charge in [-0.25, -0.2) is 9.78 Å². The van der Waals surface area contributed by atoms with Crippen molar-refractivity contribution in [3.05, 3.63) is 50.4 Å². The van der Waals surface area contributed by atoms with E-state index >= 15 is 0 Å². The second-order valence-electron chi connectivity index (χ2n) is 4.62. The average Bonchev–Trinajstić information content (AvgIpc) is 2.95. The van der Waals surface area contributed by atoms with Gasteiger partial charge in [-0.3, -0.25) is 4.79 Å². The highest BCUT2D eigenvalue weighted by molar-refractivity contribution is 9.10. The molecule has 0 aliphatic rings. The number of hydrogen-bond acceptors (Lipinski definition) is 4. The van der Waals surface area contributed by atoms with Gasteiger partial charge in [-0.1, -0.05) is 34.1 Å². The Morgan fingerprint density at radius 1 is 1.27 bits per heavy atom. The summed E-state index contributed by atoms with van der Waals surface area (Å²) in [7, 11) is 0. The van der Waals surface area contributed by atoms with Gasteiger partial charge in [0.1, 0.15) is 0 Å². The zero-order chi connectivity index (χ0) is 15.9. The van der Waals surface area contributed by atoms with Crippen LogP contribution in [-0.4, -0.2) is 28.5 Å². The van der Waals surface area contributed by atoms with Gasteiger partial charge in [-0.05, 0) is 18.1 Å². The molecule has 1 heterocycles. The average molecular weight is 383 g/mol. The van der Waals surface area contributed by atoms with Gasteiger partial charge < -0.3 is 10.4 Å². The molecule has 0 aliphatic carbocycles. The Morgan fingerprint density at radius 3 is 2.73 bits per heavy atom. The minimum absolute atomic E-state index is 0.0224. The zero-order valence-electron chi connectivity index (χ0n) is 11.7. The Hall–Kier alpha value is -1.73. The number of nitrogens with one attached hydrogen (secondary N) is 1. The molecule has 2 rings (SSSR count). The summed E-state index contributed by atoms with van der Waals surface area (Å²) in [5, 5.41) is 13.8. The van der Waals surface area contributed by atoms with Crippen LogP contribution in [0.1, 0.15) is 27.5 Å². The van der Waals surface area contributed by atoms with Crippen molar-refractivity contribution in [3.63, 3.8) is 0 Å². The highest BCUT2D eigenvalue weighted by atomic mass is 79.9. The molecular weight excluding hydrogens is 368 g/mol. The molecule has 2 N–H and O–H groups in total. The lowest BCUT2D eigenvalue weighted by Gasteiger charge is -2.05. The van der Waals surface area contributed by atoms with E-state index in [2.05, 4.69) is 26.2 Å². The molecule has 0 atom stereocenters. The summed E-state index contributed by atoms with van der Waals surface area (Å²) in [4.78, 5) is 26.5. The summed E-state index contributed by atoms with van der Waals surface area (Å²) < 4.78 is 1.01. The molecule has 1 amide bonds. The molecule has 0 bridgehead atoms. The van der Waals surface area contributed by atoms with E-state index in [0.29, 0.717) is 30.8 Å². The van der Waals surface area contributed by atoms with E-state index in [4.69, 9.17) is 5.11 Å². The fourth-order valence-electron chi connectivity index (χ4n) is 1.87. The number of rotatable bonds is 7. The smallest absolute Gasteiger partial charge is 0.355 e. The monoisotopic (exact) mass is 382 g/mol. The van der Waals surface area contributed by atoms with E-state index in [1.54, 1.807) is 0 Å². The third kappa shape index (κ3) is 4.92. The van der Waals surface area contributed by atoms with Gasteiger partial charge in [0.2, 0.25) is 5.91 Å². The number of amides is 1. The first-order valence-electron chi connectivity index (χ1n) is 6.74. The molecule has 116 valence electrons. The molecule has 7 heteroatoms. The number of hydrogen-bond donors (Lipinski definition) is 2. The molecular formula is C15H15BrN2O3S. The Kier molecular flexibility index (Phi) is 6.09. The van der Waals surface area contributed by atoms with Crippen LogP contribution < -0.4 is 5.32 Å². The van der Waals surface area contributed by atoms with Crippen molar-refractivity contribution in [2.24, 2.45) is 0 Å². The molecule has 0 saturated heterocycles. The van der Waals surface area contributed by atoms with Crippen LogP contribution in [-0.2, 0) is 17.6 Å². The molecule has 1 aromatic carbocycles. The van der Waals surface area contributed by atoms with Crippen molar-refractivity contribution in [2.75, 3.05) is 6.54 Å². The third-order valence-corrected chi connectivity index (χ3v) is 4.69. The SMILES string of the molecule is O=C(CCc1ccccc1Br)NCCc1nc(C(=O)O)cs1. The summed E-state index contributed by atoms with van der Waals surface area (Å²) in [5.74, 6) is -1.05. The molecule has 0 spiro atoms. The van der Waals surface area contributed by atoms with Crippen LogP contribution in [0.5, 0.6) is 0 Å². The highest BCUT2D eigenvalue weighted by Gasteiger charge is 2.09. The maximum absolute atomic E-state index is 11.8. The van der Waals surface area contributed by atoms with Gasteiger partial charge >= 0.3 is 5.97 Å². The minimum atomic E-state index is -1.03. The van der Waals surface area contributed by atoms with E-state index in [0.717, 1.165) is 10.0 Å². The second-order valence-corrected chi connectivity index (χ2v) is 6.42. The summed E-state index contributed by atoms with van der Waals surface area (Å²) >= 11 is 4.75. The number of thiazole rings is 1. The molecule has 0 radical (unpaired) electrons. The fraction of sp³-hybridized carbons (Fsp3) is 0.267. The van der Waals surface area contributed by atoms with Crippen LogP contribution in [0, 0.1) is 0 Å². The fourth-order valence-corrected chi connectivity index (χ4v) is 3.13. The number of carbonyl (C=O) groups is 2. The number of carbonyl (C=O) groups excluding carboxylic acids is 1. The normalized spacial score (nSPS) is 10.4. The maximum atomic E-state index is 11.8. The van der Waals surface area contributed by atoms with Gasteiger partial charge in [0.05, 0.1) is 5.01 Å². The lowest BCUT2D eigenvalue weighted by atomic mass is 10.1. The van der Waals surface area contributed by atoms with Gasteiger partial charge in [0.25, 0.3) is 0 Å². The van der Waals surface area contributed by atoms with Crippen molar-refractivity contribution >= 4 is 39.1 Å². The Balaban J connectivity index is 1.71. The van der Waals surface area contributed by atoms with E-state index in [1.807, 2.05) is 24.3 Å². The first kappa shape index (κ1) is 16.6. The standard InChI is InChI=1S/C15H15BrN2O3S/c16-11-4-2-1-3-10(11)5-6-13(19)17-8-7-14-18-12(9-22-14)15(20)21/h1-4,9H,5-8H2,(H,17,19)(H,20,21). The molecule has 5 nitrogen and oxygen atoms in total. The van der Waals surface area contributed by atoms with Crippen LogP contribution in [0.25, 0.3) is 0 Å². The van der Waals surface area contributed by atoms with Crippen LogP contribution in [0.3, 0.4) is 0 Å². The number of benzene rings is 1. The topological polar surface area (TPSA) is 79.3 Å². The van der Waals surface area contributed by atoms with Crippen molar-refractivity contribution in [2.45, 2.75) is 19.3 Å². The first-order valence-corrected chi connectivity index (χ1v) is 8.41. The number of carboxylic acids is 1. The second kappa shape index (κ2) is 8.05. The molecule has 0 fully saturated rings. The van der Waals surface area contributed by atoms with E-state index < -0.39 is 5.97 Å². The van der Waals surface area contributed by atoms with Crippen LogP contribution >= 0.6 is 27.3 Å². The van der Waals surface area contributed by atoms with Crippen molar-refractivity contribution in [3.8, 4) is 0 Å². The van der Waals surface area contributed by atoms with Crippen LogP contribution in [0.15, 0.2) is 34.1 Å². The predicted molar refractivity (Wildman–Crippen MR) is 88.3 cm³/mol. The number of aromatic nitrogens is 1. The number of halogens is 1. The van der Waals surface area contributed by atoms with E-state index in [9.17, 15) is 9.59 Å². The van der Waals surface area contributed by atoms with Crippen molar-refractivity contribution in [1.82, 2.24) is 10.3 Å². The molecule has 1 aromatic heterocycles. The predicted octanol–water partition coefficient (Wildman–Crippen LogP) is 2.90. The number of nitrogens with zero attached hydrogens (tertiary/aromatic N) is 1. The molecule has 2 aromatic rings. The Labute approximate surface area is 140 Å².